The zero-order valence-electron chi connectivity index (χ0n) is 18.4. The van der Waals surface area contributed by atoms with E-state index >= 15 is 0 Å². The summed E-state index contributed by atoms with van der Waals surface area (Å²) >= 11 is 0. The number of hydrogen-bond acceptors (Lipinski definition) is 5. The van der Waals surface area contributed by atoms with Gasteiger partial charge in [-0.05, 0) is 37.3 Å². The topological polar surface area (TPSA) is 99.3 Å². The summed E-state index contributed by atoms with van der Waals surface area (Å²) in [6.07, 6.45) is 5.47. The first-order valence-electron chi connectivity index (χ1n) is 11.2. The summed E-state index contributed by atoms with van der Waals surface area (Å²) in [4.78, 5) is 27.1. The Morgan fingerprint density at radius 3 is 2.97 bits per heavy atom. The van der Waals surface area contributed by atoms with Crippen LogP contribution in [0.2, 0.25) is 0 Å². The van der Waals surface area contributed by atoms with Gasteiger partial charge < -0.3 is 15.4 Å². The van der Waals surface area contributed by atoms with Crippen LogP contribution >= 0.6 is 0 Å². The van der Waals surface area contributed by atoms with Crippen molar-refractivity contribution in [2.75, 3.05) is 20.2 Å². The van der Waals surface area contributed by atoms with Crippen molar-refractivity contribution < 1.29 is 18.7 Å². The van der Waals surface area contributed by atoms with E-state index in [1.807, 2.05) is 4.90 Å². The van der Waals surface area contributed by atoms with Crippen molar-refractivity contribution >= 4 is 11.8 Å². The van der Waals surface area contributed by atoms with E-state index in [1.165, 1.54) is 30.9 Å². The Kier molecular flexibility index (Phi) is 7.04. The third-order valence-electron chi connectivity index (χ3n) is 6.30. The van der Waals surface area contributed by atoms with Gasteiger partial charge in [-0.25, -0.2) is 4.39 Å². The van der Waals surface area contributed by atoms with E-state index in [9.17, 15) is 14.0 Å². The standard InChI is InChI=1S/C23H30FN5O3/c1-32-16-8-7-15(18(24)11-16)14-29-10-9-25-23(31)21(29)12-22(30)26-13-20-17-5-3-2-4-6-19(17)27-28-20/h7-8,11,21H,2-6,9-10,12-14H2,1H3,(H,25,31)(H,26,30)(H,27,28). The number of rotatable bonds is 7. The second kappa shape index (κ2) is 10.1. The molecule has 172 valence electrons. The highest BCUT2D eigenvalue weighted by atomic mass is 19.1. The van der Waals surface area contributed by atoms with Crippen LogP contribution in [0.5, 0.6) is 5.75 Å². The van der Waals surface area contributed by atoms with Crippen molar-refractivity contribution in [1.29, 1.82) is 0 Å². The molecule has 0 saturated carbocycles. The number of piperazine rings is 1. The maximum absolute atomic E-state index is 14.4. The predicted molar refractivity (Wildman–Crippen MR) is 116 cm³/mol. The smallest absolute Gasteiger partial charge is 0.237 e. The van der Waals surface area contributed by atoms with E-state index in [1.54, 1.807) is 12.1 Å². The Hall–Kier alpha value is -2.94. The fourth-order valence-corrected chi connectivity index (χ4v) is 4.48. The molecule has 1 atom stereocenters. The van der Waals surface area contributed by atoms with Crippen LogP contribution in [0.15, 0.2) is 18.2 Å². The first-order valence-corrected chi connectivity index (χ1v) is 11.2. The molecule has 1 aromatic heterocycles. The van der Waals surface area contributed by atoms with Gasteiger partial charge in [0.15, 0.2) is 0 Å². The lowest BCUT2D eigenvalue weighted by Gasteiger charge is -2.34. The Balaban J connectivity index is 1.38. The molecule has 1 fully saturated rings. The van der Waals surface area contributed by atoms with Gasteiger partial charge in [-0.15, -0.1) is 0 Å². The summed E-state index contributed by atoms with van der Waals surface area (Å²) in [6, 6.07) is 4.02. The summed E-state index contributed by atoms with van der Waals surface area (Å²) in [5.41, 5.74) is 3.73. The molecule has 1 saturated heterocycles. The number of aromatic amines is 1. The molecule has 0 bridgehead atoms. The van der Waals surface area contributed by atoms with Crippen LogP contribution in [0.25, 0.3) is 0 Å². The Morgan fingerprint density at radius 1 is 1.31 bits per heavy atom. The number of methoxy groups -OCH3 is 1. The number of hydrogen-bond donors (Lipinski definition) is 3. The molecule has 9 heteroatoms. The first-order chi connectivity index (χ1) is 15.5. The second-order valence-electron chi connectivity index (χ2n) is 8.40. The predicted octanol–water partition coefficient (Wildman–Crippen LogP) is 1.83. The Bertz CT molecular complexity index is 977. The van der Waals surface area contributed by atoms with Crippen molar-refractivity contribution in [2.45, 2.75) is 57.7 Å². The van der Waals surface area contributed by atoms with E-state index in [-0.39, 0.29) is 24.8 Å². The molecule has 1 unspecified atom stereocenters. The number of ether oxygens (including phenoxy) is 1. The highest BCUT2D eigenvalue weighted by Gasteiger charge is 2.32. The SMILES string of the molecule is COc1ccc(CN2CCNC(=O)C2CC(=O)NCc2n[nH]c3c2CCCCC3)c(F)c1. The molecule has 0 spiro atoms. The summed E-state index contributed by atoms with van der Waals surface area (Å²) in [5.74, 6) is -0.390. The van der Waals surface area contributed by atoms with Crippen molar-refractivity contribution in [2.24, 2.45) is 0 Å². The quantitative estimate of drug-likeness (QED) is 0.567. The molecule has 4 rings (SSSR count). The van der Waals surface area contributed by atoms with Gasteiger partial charge >= 0.3 is 0 Å². The monoisotopic (exact) mass is 443 g/mol. The molecule has 2 heterocycles. The Labute approximate surface area is 186 Å². The maximum Gasteiger partial charge on any atom is 0.237 e. The number of carbonyl (C=O) groups is 2. The maximum atomic E-state index is 14.4. The van der Waals surface area contributed by atoms with Gasteiger partial charge in [-0.2, -0.15) is 5.10 Å². The van der Waals surface area contributed by atoms with Gasteiger partial charge in [0.2, 0.25) is 11.8 Å². The van der Waals surface area contributed by atoms with E-state index < -0.39 is 11.9 Å². The molecule has 3 N–H and O–H groups in total. The number of halogens is 1. The van der Waals surface area contributed by atoms with Crippen LogP contribution in [0.4, 0.5) is 4.39 Å². The van der Waals surface area contributed by atoms with E-state index in [2.05, 4.69) is 20.8 Å². The minimum Gasteiger partial charge on any atom is -0.497 e. The summed E-state index contributed by atoms with van der Waals surface area (Å²) in [7, 11) is 1.48. The largest absolute Gasteiger partial charge is 0.497 e. The molecule has 2 amide bonds. The molecule has 2 aromatic rings. The van der Waals surface area contributed by atoms with Gasteiger partial charge in [0.1, 0.15) is 11.6 Å². The lowest BCUT2D eigenvalue weighted by atomic mass is 10.1. The van der Waals surface area contributed by atoms with Crippen molar-refractivity contribution in [3.8, 4) is 5.75 Å². The third-order valence-corrected chi connectivity index (χ3v) is 6.30. The van der Waals surface area contributed by atoms with Crippen LogP contribution in [-0.4, -0.2) is 53.2 Å². The molecule has 1 aliphatic carbocycles. The molecule has 1 aliphatic heterocycles. The average Bonchev–Trinajstić information content (AvgIpc) is 3.01. The molecule has 1 aromatic carbocycles. The summed E-state index contributed by atoms with van der Waals surface area (Å²) in [6.45, 7) is 1.59. The molecule has 0 radical (unpaired) electrons. The van der Waals surface area contributed by atoms with Crippen LogP contribution < -0.4 is 15.4 Å². The van der Waals surface area contributed by atoms with E-state index in [0.717, 1.165) is 31.4 Å². The zero-order valence-corrected chi connectivity index (χ0v) is 18.4. The Morgan fingerprint density at radius 2 is 2.16 bits per heavy atom. The summed E-state index contributed by atoms with van der Waals surface area (Å²) in [5, 5.41) is 13.2. The van der Waals surface area contributed by atoms with E-state index in [4.69, 9.17) is 4.74 Å². The second-order valence-corrected chi connectivity index (χ2v) is 8.40. The van der Waals surface area contributed by atoms with Gasteiger partial charge in [0.05, 0.1) is 31.8 Å². The fourth-order valence-electron chi connectivity index (χ4n) is 4.48. The summed E-state index contributed by atoms with van der Waals surface area (Å²) < 4.78 is 19.5. The van der Waals surface area contributed by atoms with Gasteiger partial charge in [0, 0.05) is 37.0 Å². The first kappa shape index (κ1) is 22.3. The van der Waals surface area contributed by atoms with Crippen LogP contribution in [-0.2, 0) is 35.5 Å². The lowest BCUT2D eigenvalue weighted by molar-refractivity contribution is -0.134. The number of carbonyl (C=O) groups excluding carboxylic acids is 2. The average molecular weight is 444 g/mol. The zero-order chi connectivity index (χ0) is 22.5. The third kappa shape index (κ3) is 5.09. The van der Waals surface area contributed by atoms with Crippen molar-refractivity contribution in [3.63, 3.8) is 0 Å². The van der Waals surface area contributed by atoms with Crippen LogP contribution in [0.1, 0.15) is 48.2 Å². The fraction of sp³-hybridized carbons (Fsp3) is 0.522. The lowest BCUT2D eigenvalue weighted by Crippen LogP contribution is -2.56. The minimum atomic E-state index is -0.651. The number of H-pyrrole nitrogens is 1. The molecular formula is C23H30FN5O3. The van der Waals surface area contributed by atoms with Crippen molar-refractivity contribution in [3.05, 3.63) is 46.5 Å². The number of aromatic nitrogens is 2. The molecular weight excluding hydrogens is 413 g/mol. The molecule has 32 heavy (non-hydrogen) atoms. The minimum absolute atomic E-state index is 0.0101. The number of nitrogens with zero attached hydrogens (tertiary/aromatic N) is 2. The normalized spacial score (nSPS) is 19.1. The van der Waals surface area contributed by atoms with E-state index in [0.29, 0.717) is 30.9 Å². The number of benzene rings is 1. The van der Waals surface area contributed by atoms with Crippen LogP contribution in [0.3, 0.4) is 0 Å². The van der Waals surface area contributed by atoms with Crippen LogP contribution in [0, 0.1) is 5.82 Å². The number of aryl methyl sites for hydroxylation is 1. The molecule has 8 nitrogen and oxygen atoms in total. The highest BCUT2D eigenvalue weighted by molar-refractivity contribution is 5.88. The number of amides is 2. The van der Waals surface area contributed by atoms with Crippen molar-refractivity contribution in [1.82, 2.24) is 25.7 Å². The number of fused-ring (bicyclic) bond motifs is 1. The van der Waals surface area contributed by atoms with Gasteiger partial charge in [-0.3, -0.25) is 19.6 Å². The van der Waals surface area contributed by atoms with Gasteiger partial charge in [0.25, 0.3) is 0 Å². The number of nitrogens with one attached hydrogen (secondary N) is 3. The van der Waals surface area contributed by atoms with Gasteiger partial charge in [-0.1, -0.05) is 12.5 Å². The molecule has 2 aliphatic rings. The highest BCUT2D eigenvalue weighted by Crippen LogP contribution is 2.22.